The van der Waals surface area contributed by atoms with E-state index in [-0.39, 0.29) is 0 Å². The van der Waals surface area contributed by atoms with Gasteiger partial charge in [-0.25, -0.2) is 0 Å². The molecule has 3 rings (SSSR count). The quantitative estimate of drug-likeness (QED) is 0.131. The fourth-order valence-electron chi connectivity index (χ4n) is 7.00. The molecule has 0 saturated heterocycles. The zero-order valence-corrected chi connectivity index (χ0v) is 24.5. The lowest BCUT2D eigenvalue weighted by atomic mass is 9.66. The van der Waals surface area contributed by atoms with E-state index in [0.29, 0.717) is 11.8 Å². The molecule has 0 bridgehead atoms. The highest BCUT2D eigenvalue weighted by molar-refractivity contribution is 5.77. The van der Waals surface area contributed by atoms with E-state index < -0.39 is 0 Å². The van der Waals surface area contributed by atoms with Crippen molar-refractivity contribution < 1.29 is 0 Å². The van der Waals surface area contributed by atoms with E-state index in [1.54, 1.807) is 28.5 Å². The molecule has 0 spiro atoms. The molecule has 1 N–H and O–H groups in total. The van der Waals surface area contributed by atoms with Crippen molar-refractivity contribution in [3.8, 4) is 0 Å². The first-order valence-corrected chi connectivity index (χ1v) is 15.8. The van der Waals surface area contributed by atoms with Gasteiger partial charge in [0, 0.05) is 12.1 Å². The lowest BCUT2D eigenvalue weighted by molar-refractivity contribution is 0.399. The van der Waals surface area contributed by atoms with Gasteiger partial charge in [0.25, 0.3) is 0 Å². The van der Waals surface area contributed by atoms with Crippen molar-refractivity contribution in [2.24, 2.45) is 23.7 Å². The van der Waals surface area contributed by atoms with Crippen LogP contribution in [-0.4, -0.2) is 6.21 Å². The van der Waals surface area contributed by atoms with Crippen molar-refractivity contribution in [2.75, 3.05) is 0 Å². The number of fused-ring (bicyclic) bond motifs is 1. The average molecular weight is 502 g/mol. The molecule has 3 aliphatic rings. The highest BCUT2D eigenvalue weighted by atomic mass is 14.4. The van der Waals surface area contributed by atoms with Gasteiger partial charge in [-0.05, 0) is 99.5 Å². The number of hydrogen-bond acceptors (Lipinski definition) is 1. The Morgan fingerprint density at radius 2 is 1.84 bits per heavy atom. The van der Waals surface area contributed by atoms with Crippen LogP contribution in [0.1, 0.15) is 124 Å². The predicted octanol–water partition coefficient (Wildman–Crippen LogP) is 11.3. The Kier molecular flexibility index (Phi) is 13.0. The molecular weight excluding hydrogens is 446 g/mol. The van der Waals surface area contributed by atoms with Gasteiger partial charge in [-0.1, -0.05) is 113 Å². The molecule has 37 heavy (non-hydrogen) atoms. The van der Waals surface area contributed by atoms with Gasteiger partial charge in [0.1, 0.15) is 0 Å². The Balaban J connectivity index is 1.70. The average Bonchev–Trinajstić information content (AvgIpc) is 2.95. The monoisotopic (exact) mass is 501 g/mol. The molecule has 1 nitrogen and oxygen atoms in total. The minimum Gasteiger partial charge on any atom is -0.308 e. The van der Waals surface area contributed by atoms with E-state index >= 15 is 0 Å². The van der Waals surface area contributed by atoms with Crippen molar-refractivity contribution >= 4 is 6.21 Å². The lowest BCUT2D eigenvalue weighted by Crippen LogP contribution is -2.27. The van der Waals surface area contributed by atoms with Crippen LogP contribution < -0.4 is 0 Å². The molecule has 0 fully saturated rings. The summed E-state index contributed by atoms with van der Waals surface area (Å²) in [6, 6.07) is 0. The van der Waals surface area contributed by atoms with Gasteiger partial charge >= 0.3 is 0 Å². The highest BCUT2D eigenvalue weighted by Gasteiger charge is 2.34. The van der Waals surface area contributed by atoms with Gasteiger partial charge in [-0.15, -0.1) is 0 Å². The molecule has 3 aliphatic carbocycles. The first kappa shape index (κ1) is 29.7. The van der Waals surface area contributed by atoms with Crippen LogP contribution in [0.4, 0.5) is 0 Å². The minimum absolute atomic E-state index is 0.450. The number of unbranched alkanes of at least 4 members (excludes halogenated alkanes) is 3. The minimum atomic E-state index is 0.450. The van der Waals surface area contributed by atoms with E-state index in [9.17, 15) is 0 Å². The number of nitrogens with one attached hydrogen (secondary N) is 1. The van der Waals surface area contributed by atoms with Gasteiger partial charge < -0.3 is 5.41 Å². The second kappa shape index (κ2) is 16.2. The summed E-state index contributed by atoms with van der Waals surface area (Å²) in [5.41, 5.74) is 7.92. The first-order valence-electron chi connectivity index (χ1n) is 15.8. The second-order valence-corrected chi connectivity index (χ2v) is 11.6. The van der Waals surface area contributed by atoms with Crippen molar-refractivity contribution in [1.82, 2.24) is 0 Å². The van der Waals surface area contributed by atoms with Gasteiger partial charge in [0.15, 0.2) is 0 Å². The summed E-state index contributed by atoms with van der Waals surface area (Å²) in [6.07, 6.45) is 37.3. The molecule has 4 atom stereocenters. The molecule has 4 unspecified atom stereocenters. The van der Waals surface area contributed by atoms with E-state index in [2.05, 4.69) is 70.2 Å². The molecular formula is C36H55N. The first-order chi connectivity index (χ1) is 18.2. The van der Waals surface area contributed by atoms with Crippen LogP contribution in [-0.2, 0) is 0 Å². The normalized spacial score (nSPS) is 25.2. The predicted molar refractivity (Wildman–Crippen MR) is 164 cm³/mol. The van der Waals surface area contributed by atoms with E-state index in [1.807, 2.05) is 0 Å². The van der Waals surface area contributed by atoms with Crippen LogP contribution in [0.3, 0.4) is 0 Å². The summed E-state index contributed by atoms with van der Waals surface area (Å²) in [5, 5.41) is 8.27. The molecule has 0 amide bonds. The third-order valence-electron chi connectivity index (χ3n) is 9.34. The Morgan fingerprint density at radius 1 is 1.00 bits per heavy atom. The molecule has 0 aromatic carbocycles. The molecule has 204 valence electrons. The second-order valence-electron chi connectivity index (χ2n) is 11.6. The van der Waals surface area contributed by atoms with Crippen LogP contribution in [0.15, 0.2) is 70.4 Å². The number of rotatable bonds is 15. The summed E-state index contributed by atoms with van der Waals surface area (Å²) >= 11 is 0. The highest BCUT2D eigenvalue weighted by Crippen LogP contribution is 2.47. The fourth-order valence-corrected chi connectivity index (χ4v) is 7.00. The standard InChI is InChI=1S/C36H55N/c1-5-9-11-15-28(7-3)16-14-18-32(27-37)34-26-25-33(35-19-12-13-20-36(34)35)31-23-21-30(22-24-31)29(8-4)17-10-6-2/h12-13,15,18-21,27,29,31,34,36-37H,5-11,14,16-17,22-26H2,1-4H3/b28-15+,32-18+,37-27?. The Morgan fingerprint density at radius 3 is 2.51 bits per heavy atom. The third kappa shape index (κ3) is 8.30. The SMILES string of the molecule is CCCC/C=C(\CC)CC/C=C(\C=N)C1CCC(C2CC=C(C(CC)CCCC)CC2)=C2C=CC=CC21. The number of hydrogen-bond donors (Lipinski definition) is 1. The van der Waals surface area contributed by atoms with Crippen molar-refractivity contribution in [1.29, 1.82) is 5.41 Å². The molecule has 0 heterocycles. The van der Waals surface area contributed by atoms with Gasteiger partial charge in [0.2, 0.25) is 0 Å². The molecule has 0 aliphatic heterocycles. The summed E-state index contributed by atoms with van der Waals surface area (Å²) in [6.45, 7) is 9.25. The van der Waals surface area contributed by atoms with E-state index in [4.69, 9.17) is 5.41 Å². The maximum Gasteiger partial charge on any atom is 0.0209 e. The van der Waals surface area contributed by atoms with E-state index in [1.165, 1.54) is 82.6 Å². The van der Waals surface area contributed by atoms with Gasteiger partial charge in [-0.3, -0.25) is 0 Å². The lowest BCUT2D eigenvalue weighted by Gasteiger charge is -2.38. The largest absolute Gasteiger partial charge is 0.308 e. The fraction of sp³-hybridized carbons (Fsp3) is 0.639. The molecule has 0 saturated carbocycles. The van der Waals surface area contributed by atoms with Crippen molar-refractivity contribution in [3.63, 3.8) is 0 Å². The topological polar surface area (TPSA) is 23.9 Å². The van der Waals surface area contributed by atoms with Crippen LogP contribution >= 0.6 is 0 Å². The van der Waals surface area contributed by atoms with Crippen LogP contribution in [0, 0.1) is 29.1 Å². The molecule has 0 aromatic heterocycles. The van der Waals surface area contributed by atoms with E-state index in [0.717, 1.165) is 31.1 Å². The Bertz CT molecular complexity index is 905. The van der Waals surface area contributed by atoms with Crippen molar-refractivity contribution in [2.45, 2.75) is 124 Å². The Labute approximate surface area is 229 Å². The smallest absolute Gasteiger partial charge is 0.0209 e. The summed E-state index contributed by atoms with van der Waals surface area (Å²) < 4.78 is 0. The summed E-state index contributed by atoms with van der Waals surface area (Å²) in [5.74, 6) is 2.44. The Hall–Kier alpha value is -1.89. The zero-order chi connectivity index (χ0) is 26.5. The number of allylic oxidation sites excluding steroid dienone is 12. The zero-order valence-electron chi connectivity index (χ0n) is 24.5. The maximum absolute atomic E-state index is 8.27. The van der Waals surface area contributed by atoms with Crippen molar-refractivity contribution in [3.05, 3.63) is 70.4 Å². The maximum atomic E-state index is 8.27. The van der Waals surface area contributed by atoms with Crippen LogP contribution in [0.5, 0.6) is 0 Å². The molecule has 0 aromatic rings. The molecule has 0 radical (unpaired) electrons. The van der Waals surface area contributed by atoms with Crippen LogP contribution in [0.25, 0.3) is 0 Å². The third-order valence-corrected chi connectivity index (χ3v) is 9.34. The molecule has 1 heteroatoms. The van der Waals surface area contributed by atoms with Crippen LogP contribution in [0.2, 0.25) is 0 Å². The van der Waals surface area contributed by atoms with Gasteiger partial charge in [-0.2, -0.15) is 0 Å². The summed E-state index contributed by atoms with van der Waals surface area (Å²) in [7, 11) is 0. The van der Waals surface area contributed by atoms with Gasteiger partial charge in [0.05, 0.1) is 0 Å². The summed E-state index contributed by atoms with van der Waals surface area (Å²) in [4.78, 5) is 0.